The van der Waals surface area contributed by atoms with Crippen molar-refractivity contribution in [1.29, 1.82) is 0 Å². The molecule has 0 radical (unpaired) electrons. The van der Waals surface area contributed by atoms with Crippen molar-refractivity contribution < 1.29 is 19.7 Å². The third kappa shape index (κ3) is 3.46. The summed E-state index contributed by atoms with van der Waals surface area (Å²) in [7, 11) is 0. The van der Waals surface area contributed by atoms with E-state index >= 15 is 0 Å². The highest BCUT2D eigenvalue weighted by molar-refractivity contribution is 5.68. The molecule has 0 spiro atoms. The number of benzene rings is 1. The Morgan fingerprint density at radius 3 is 2.59 bits per heavy atom. The Morgan fingerprint density at radius 2 is 2.12 bits per heavy atom. The molecule has 0 fully saturated rings. The summed E-state index contributed by atoms with van der Waals surface area (Å²) >= 11 is 0. The summed E-state index contributed by atoms with van der Waals surface area (Å²) in [5, 5.41) is 18.8. The predicted octanol–water partition coefficient (Wildman–Crippen LogP) is 2.08. The molecule has 1 rings (SSSR count). The number of aliphatic hydroxyl groups is 1. The summed E-state index contributed by atoms with van der Waals surface area (Å²) in [6.45, 7) is 5.83. The molecule has 1 atom stereocenters. The van der Waals surface area contributed by atoms with Crippen LogP contribution in [0.1, 0.15) is 31.4 Å². The summed E-state index contributed by atoms with van der Waals surface area (Å²) in [5.74, 6) is -0.274. The molecule has 0 bridgehead atoms. The second-order valence-electron chi connectivity index (χ2n) is 4.26. The van der Waals surface area contributed by atoms with Crippen molar-refractivity contribution in [2.45, 2.75) is 32.8 Å². The molecule has 1 unspecified atom stereocenters. The lowest BCUT2D eigenvalue weighted by Gasteiger charge is -2.22. The van der Waals surface area contributed by atoms with Crippen LogP contribution in [0.4, 0.5) is 0 Å². The third-order valence-corrected chi connectivity index (χ3v) is 2.59. The number of aryl methyl sites for hydroxylation is 1. The number of aliphatic carboxylic acids is 1. The average Bonchev–Trinajstić information content (AvgIpc) is 2.19. The first-order chi connectivity index (χ1) is 7.86. The number of ether oxygens (including phenoxy) is 1. The fourth-order valence-corrected chi connectivity index (χ4v) is 1.70. The van der Waals surface area contributed by atoms with Crippen molar-refractivity contribution >= 4 is 5.97 Å². The molecular formula is C13H18O4. The van der Waals surface area contributed by atoms with Gasteiger partial charge in [0.25, 0.3) is 0 Å². The molecule has 4 nitrogen and oxygen atoms in total. The Labute approximate surface area is 101 Å². The second-order valence-corrected chi connectivity index (χ2v) is 4.26. The van der Waals surface area contributed by atoms with Crippen LogP contribution >= 0.6 is 0 Å². The van der Waals surface area contributed by atoms with Crippen LogP contribution in [0.3, 0.4) is 0 Å². The van der Waals surface area contributed by atoms with Gasteiger partial charge < -0.3 is 14.9 Å². The first-order valence-electron chi connectivity index (χ1n) is 5.55. The molecule has 1 aromatic carbocycles. The normalized spacial score (nSPS) is 14.1. The van der Waals surface area contributed by atoms with E-state index in [1.54, 1.807) is 18.2 Å². The smallest absolute Gasteiger partial charge is 0.306 e. The van der Waals surface area contributed by atoms with E-state index in [1.165, 1.54) is 6.92 Å². The molecule has 0 aromatic heterocycles. The van der Waals surface area contributed by atoms with Crippen LogP contribution in [0.15, 0.2) is 18.2 Å². The highest BCUT2D eigenvalue weighted by Gasteiger charge is 2.26. The van der Waals surface area contributed by atoms with Crippen molar-refractivity contribution in [3.05, 3.63) is 29.3 Å². The molecule has 0 aliphatic heterocycles. The second kappa shape index (κ2) is 5.19. The van der Waals surface area contributed by atoms with Gasteiger partial charge in [0.2, 0.25) is 0 Å². The molecule has 0 saturated heterocycles. The van der Waals surface area contributed by atoms with Crippen molar-refractivity contribution in [2.24, 2.45) is 0 Å². The Morgan fingerprint density at radius 1 is 1.47 bits per heavy atom. The first kappa shape index (κ1) is 13.5. The number of hydrogen-bond donors (Lipinski definition) is 2. The van der Waals surface area contributed by atoms with Crippen molar-refractivity contribution in [2.75, 3.05) is 6.61 Å². The van der Waals surface area contributed by atoms with Crippen LogP contribution in [0.5, 0.6) is 5.75 Å². The topological polar surface area (TPSA) is 66.8 Å². The SMILES string of the molecule is CCOc1ccc(C(C)(O)CC(=O)O)cc1C. The van der Waals surface area contributed by atoms with E-state index < -0.39 is 11.6 Å². The molecule has 0 heterocycles. The van der Waals surface area contributed by atoms with Crippen molar-refractivity contribution in [3.63, 3.8) is 0 Å². The lowest BCUT2D eigenvalue weighted by Crippen LogP contribution is -2.25. The highest BCUT2D eigenvalue weighted by atomic mass is 16.5. The van der Waals surface area contributed by atoms with E-state index in [0.29, 0.717) is 12.2 Å². The van der Waals surface area contributed by atoms with Gasteiger partial charge in [-0.15, -0.1) is 0 Å². The fourth-order valence-electron chi connectivity index (χ4n) is 1.70. The molecule has 17 heavy (non-hydrogen) atoms. The van der Waals surface area contributed by atoms with Crippen LogP contribution in [0.2, 0.25) is 0 Å². The first-order valence-corrected chi connectivity index (χ1v) is 5.55. The van der Waals surface area contributed by atoms with Gasteiger partial charge in [-0.1, -0.05) is 6.07 Å². The third-order valence-electron chi connectivity index (χ3n) is 2.59. The maximum Gasteiger partial charge on any atom is 0.306 e. The monoisotopic (exact) mass is 238 g/mol. The minimum absolute atomic E-state index is 0.319. The standard InChI is InChI=1S/C13H18O4/c1-4-17-11-6-5-10(7-9(11)2)13(3,16)8-12(14)15/h5-7,16H,4,8H2,1-3H3,(H,14,15). The summed E-state index contributed by atoms with van der Waals surface area (Å²) in [5.41, 5.74) is 0.109. The molecule has 0 saturated carbocycles. The average molecular weight is 238 g/mol. The number of rotatable bonds is 5. The highest BCUT2D eigenvalue weighted by Crippen LogP contribution is 2.28. The number of carboxylic acids is 1. The maximum atomic E-state index is 10.7. The van der Waals surface area contributed by atoms with Crippen LogP contribution in [0, 0.1) is 6.92 Å². The fraction of sp³-hybridized carbons (Fsp3) is 0.462. The minimum Gasteiger partial charge on any atom is -0.494 e. The maximum absolute atomic E-state index is 10.7. The Hall–Kier alpha value is -1.55. The zero-order chi connectivity index (χ0) is 13.1. The van der Waals surface area contributed by atoms with E-state index in [2.05, 4.69) is 0 Å². The number of carboxylic acid groups (broad SMARTS) is 1. The molecular weight excluding hydrogens is 220 g/mol. The Balaban J connectivity index is 3.00. The Kier molecular flexibility index (Phi) is 4.12. The lowest BCUT2D eigenvalue weighted by atomic mass is 9.91. The minimum atomic E-state index is -1.36. The molecule has 0 amide bonds. The largest absolute Gasteiger partial charge is 0.494 e. The van der Waals surface area contributed by atoms with Gasteiger partial charge >= 0.3 is 5.97 Å². The molecule has 1 aromatic rings. The summed E-state index contributed by atoms with van der Waals surface area (Å²) in [6.07, 6.45) is -0.319. The quantitative estimate of drug-likeness (QED) is 0.824. The zero-order valence-corrected chi connectivity index (χ0v) is 10.4. The van der Waals surface area contributed by atoms with Crippen LogP contribution < -0.4 is 4.74 Å². The predicted molar refractivity (Wildman–Crippen MR) is 64.2 cm³/mol. The van der Waals surface area contributed by atoms with Gasteiger partial charge in [-0.25, -0.2) is 0 Å². The van der Waals surface area contributed by atoms with E-state index in [9.17, 15) is 9.90 Å². The molecule has 94 valence electrons. The molecule has 2 N–H and O–H groups in total. The van der Waals surface area contributed by atoms with Crippen LogP contribution in [-0.2, 0) is 10.4 Å². The zero-order valence-electron chi connectivity index (χ0n) is 10.4. The van der Waals surface area contributed by atoms with Crippen molar-refractivity contribution in [1.82, 2.24) is 0 Å². The lowest BCUT2D eigenvalue weighted by molar-refractivity contribution is -0.142. The summed E-state index contributed by atoms with van der Waals surface area (Å²) in [4.78, 5) is 10.7. The number of hydrogen-bond acceptors (Lipinski definition) is 3. The van der Waals surface area contributed by atoms with Gasteiger partial charge in [0.05, 0.1) is 18.6 Å². The summed E-state index contributed by atoms with van der Waals surface area (Å²) in [6, 6.07) is 5.21. The van der Waals surface area contributed by atoms with E-state index in [-0.39, 0.29) is 6.42 Å². The molecule has 4 heteroatoms. The van der Waals surface area contributed by atoms with Gasteiger partial charge in [0, 0.05) is 0 Å². The van der Waals surface area contributed by atoms with Gasteiger partial charge in [-0.05, 0) is 44.0 Å². The number of carbonyl (C=O) groups is 1. The van der Waals surface area contributed by atoms with Gasteiger partial charge in [-0.2, -0.15) is 0 Å². The van der Waals surface area contributed by atoms with Gasteiger partial charge in [0.1, 0.15) is 5.75 Å². The molecule has 0 aliphatic rings. The Bertz CT molecular complexity index is 410. The summed E-state index contributed by atoms with van der Waals surface area (Å²) < 4.78 is 5.39. The van der Waals surface area contributed by atoms with Crippen molar-refractivity contribution in [3.8, 4) is 5.75 Å². The van der Waals surface area contributed by atoms with Gasteiger partial charge in [0.15, 0.2) is 0 Å². The van der Waals surface area contributed by atoms with E-state index in [0.717, 1.165) is 11.3 Å². The molecule has 0 aliphatic carbocycles. The van der Waals surface area contributed by atoms with Crippen LogP contribution in [0.25, 0.3) is 0 Å². The van der Waals surface area contributed by atoms with Crippen LogP contribution in [-0.4, -0.2) is 22.8 Å². The van der Waals surface area contributed by atoms with E-state index in [1.807, 2.05) is 13.8 Å². The van der Waals surface area contributed by atoms with E-state index in [4.69, 9.17) is 9.84 Å². The van der Waals surface area contributed by atoms with Gasteiger partial charge in [-0.3, -0.25) is 4.79 Å².